The fourth-order valence-electron chi connectivity index (χ4n) is 2.73. The van der Waals surface area contributed by atoms with Gasteiger partial charge in [-0.3, -0.25) is 9.59 Å². The second-order valence-electron chi connectivity index (χ2n) is 5.64. The molecule has 0 spiro atoms. The summed E-state index contributed by atoms with van der Waals surface area (Å²) in [6.07, 6.45) is 3.39. The van der Waals surface area contributed by atoms with E-state index >= 15 is 0 Å². The Hall–Kier alpha value is -1.49. The van der Waals surface area contributed by atoms with E-state index in [1.165, 1.54) is 0 Å². The third-order valence-corrected chi connectivity index (χ3v) is 5.36. The summed E-state index contributed by atoms with van der Waals surface area (Å²) in [5.74, 6) is -0.228. The van der Waals surface area contributed by atoms with Crippen LogP contribution in [0.15, 0.2) is 30.3 Å². The Bertz CT molecular complexity index is 520. The number of esters is 1. The number of thioether (sulfide) groups is 1. The molecule has 1 amide bonds. The summed E-state index contributed by atoms with van der Waals surface area (Å²) in [6.45, 7) is 5.04. The van der Waals surface area contributed by atoms with E-state index in [-0.39, 0.29) is 28.9 Å². The van der Waals surface area contributed by atoms with E-state index in [4.69, 9.17) is 4.74 Å². The van der Waals surface area contributed by atoms with Crippen LogP contribution in [0.5, 0.6) is 0 Å². The first kappa shape index (κ1) is 17.9. The van der Waals surface area contributed by atoms with Gasteiger partial charge in [0, 0.05) is 6.54 Å². The Labute approximate surface area is 142 Å². The van der Waals surface area contributed by atoms with Crippen LogP contribution in [0.25, 0.3) is 0 Å². The largest absolute Gasteiger partial charge is 0.466 e. The normalized spacial score (nSPS) is 20.8. The van der Waals surface area contributed by atoms with E-state index in [1.807, 2.05) is 35.2 Å². The van der Waals surface area contributed by atoms with Crippen LogP contribution in [-0.2, 0) is 14.3 Å². The molecule has 0 saturated carbocycles. The first-order valence-corrected chi connectivity index (χ1v) is 9.28. The molecule has 0 aromatic heterocycles. The number of carbonyl (C=O) groups excluding carboxylic acids is 2. The van der Waals surface area contributed by atoms with Crippen molar-refractivity contribution in [2.45, 2.75) is 50.2 Å². The molecule has 4 nitrogen and oxygen atoms in total. The average molecular weight is 335 g/mol. The van der Waals surface area contributed by atoms with Gasteiger partial charge in [-0.2, -0.15) is 0 Å². The Kier molecular flexibility index (Phi) is 6.96. The molecular formula is C18H25NO3S. The molecule has 0 N–H and O–H groups in total. The zero-order valence-electron chi connectivity index (χ0n) is 13.9. The Morgan fingerprint density at radius 2 is 1.96 bits per heavy atom. The van der Waals surface area contributed by atoms with Gasteiger partial charge < -0.3 is 9.64 Å². The van der Waals surface area contributed by atoms with Crippen molar-refractivity contribution >= 4 is 23.6 Å². The monoisotopic (exact) mass is 335 g/mol. The second-order valence-corrected chi connectivity index (χ2v) is 6.92. The minimum absolute atomic E-state index is 0.0000161. The molecule has 5 heteroatoms. The summed E-state index contributed by atoms with van der Waals surface area (Å²) < 4.78 is 5.00. The lowest BCUT2D eigenvalue weighted by Crippen LogP contribution is -2.33. The van der Waals surface area contributed by atoms with Crippen molar-refractivity contribution in [3.05, 3.63) is 35.9 Å². The van der Waals surface area contributed by atoms with E-state index in [9.17, 15) is 9.59 Å². The topological polar surface area (TPSA) is 46.6 Å². The fourth-order valence-corrected chi connectivity index (χ4v) is 4.20. The quantitative estimate of drug-likeness (QED) is 0.536. The van der Waals surface area contributed by atoms with Gasteiger partial charge in [0.25, 0.3) is 0 Å². The average Bonchev–Trinajstić information content (AvgIpc) is 2.85. The van der Waals surface area contributed by atoms with Crippen molar-refractivity contribution in [3.8, 4) is 0 Å². The molecule has 1 saturated heterocycles. The van der Waals surface area contributed by atoms with Crippen LogP contribution < -0.4 is 0 Å². The summed E-state index contributed by atoms with van der Waals surface area (Å²) in [7, 11) is 0. The maximum Gasteiger partial charge on any atom is 0.307 e. The number of unbranched alkanes of at least 4 members (excludes halogenated alkanes) is 2. The number of hydrogen-bond acceptors (Lipinski definition) is 4. The van der Waals surface area contributed by atoms with Crippen molar-refractivity contribution in [2.24, 2.45) is 0 Å². The van der Waals surface area contributed by atoms with Gasteiger partial charge >= 0.3 is 5.97 Å². The van der Waals surface area contributed by atoms with Crippen molar-refractivity contribution in [3.63, 3.8) is 0 Å². The molecule has 126 valence electrons. The molecular weight excluding hydrogens is 310 g/mol. The summed E-state index contributed by atoms with van der Waals surface area (Å²) in [5.41, 5.74) is 1.12. The number of hydrogen-bond donors (Lipinski definition) is 0. The van der Waals surface area contributed by atoms with Crippen LogP contribution in [0.2, 0.25) is 0 Å². The lowest BCUT2D eigenvalue weighted by Gasteiger charge is -2.24. The zero-order chi connectivity index (χ0) is 16.7. The van der Waals surface area contributed by atoms with E-state index in [2.05, 4.69) is 6.92 Å². The predicted molar refractivity (Wildman–Crippen MR) is 93.1 cm³/mol. The summed E-state index contributed by atoms with van der Waals surface area (Å²) in [6, 6.07) is 10.0. The summed E-state index contributed by atoms with van der Waals surface area (Å²) >= 11 is 1.57. The number of carbonyl (C=O) groups is 2. The molecule has 0 bridgehead atoms. The maximum atomic E-state index is 12.7. The third kappa shape index (κ3) is 4.74. The lowest BCUT2D eigenvalue weighted by atomic mass is 10.1. The van der Waals surface area contributed by atoms with Gasteiger partial charge in [-0.15, -0.1) is 11.8 Å². The van der Waals surface area contributed by atoms with E-state index < -0.39 is 0 Å². The SMILES string of the molecule is CCCCCN1C(=O)C(CC(=O)OCC)SC1c1ccccc1. The first-order valence-electron chi connectivity index (χ1n) is 8.33. The minimum Gasteiger partial charge on any atom is -0.466 e. The van der Waals surface area contributed by atoms with Crippen LogP contribution in [-0.4, -0.2) is 35.2 Å². The van der Waals surface area contributed by atoms with Crippen molar-refractivity contribution < 1.29 is 14.3 Å². The van der Waals surface area contributed by atoms with Crippen molar-refractivity contribution in [1.82, 2.24) is 4.90 Å². The van der Waals surface area contributed by atoms with Gasteiger partial charge in [0.1, 0.15) is 5.37 Å². The van der Waals surface area contributed by atoms with E-state index in [0.29, 0.717) is 6.61 Å². The van der Waals surface area contributed by atoms with Crippen LogP contribution in [0.3, 0.4) is 0 Å². The van der Waals surface area contributed by atoms with Gasteiger partial charge in [-0.05, 0) is 18.9 Å². The highest BCUT2D eigenvalue weighted by Crippen LogP contribution is 2.44. The molecule has 2 atom stereocenters. The van der Waals surface area contributed by atoms with Crippen molar-refractivity contribution in [2.75, 3.05) is 13.2 Å². The maximum absolute atomic E-state index is 12.7. The molecule has 0 aliphatic carbocycles. The third-order valence-electron chi connectivity index (χ3n) is 3.88. The smallest absolute Gasteiger partial charge is 0.307 e. The first-order chi connectivity index (χ1) is 11.2. The molecule has 1 aliphatic heterocycles. The number of rotatable bonds is 8. The molecule has 1 fully saturated rings. The van der Waals surface area contributed by atoms with Crippen LogP contribution in [0.4, 0.5) is 0 Å². The number of amides is 1. The fraction of sp³-hybridized carbons (Fsp3) is 0.556. The molecule has 1 aromatic rings. The van der Waals surface area contributed by atoms with Crippen molar-refractivity contribution in [1.29, 1.82) is 0 Å². The molecule has 1 aromatic carbocycles. The summed E-state index contributed by atoms with van der Waals surface area (Å²) in [4.78, 5) is 26.4. The summed E-state index contributed by atoms with van der Waals surface area (Å²) in [5, 5.41) is -0.333. The van der Waals surface area contributed by atoms with Gasteiger partial charge in [0.2, 0.25) is 5.91 Å². The van der Waals surface area contributed by atoms with Gasteiger partial charge in [0.15, 0.2) is 0 Å². The minimum atomic E-state index is -0.333. The van der Waals surface area contributed by atoms with E-state index in [1.54, 1.807) is 18.7 Å². The van der Waals surface area contributed by atoms with Gasteiger partial charge in [-0.1, -0.05) is 50.1 Å². The number of nitrogens with zero attached hydrogens (tertiary/aromatic N) is 1. The van der Waals surface area contributed by atoms with Crippen LogP contribution >= 0.6 is 11.8 Å². The highest BCUT2D eigenvalue weighted by molar-refractivity contribution is 8.01. The van der Waals surface area contributed by atoms with E-state index in [0.717, 1.165) is 31.4 Å². The highest BCUT2D eigenvalue weighted by atomic mass is 32.2. The lowest BCUT2D eigenvalue weighted by molar-refractivity contribution is -0.145. The highest BCUT2D eigenvalue weighted by Gasteiger charge is 2.41. The molecule has 1 heterocycles. The standard InChI is InChI=1S/C18H25NO3S/c1-3-5-9-12-19-17(21)15(13-16(20)22-4-2)23-18(19)14-10-7-6-8-11-14/h6-8,10-11,15,18H,3-5,9,12-13H2,1-2H3. The number of ether oxygens (including phenoxy) is 1. The second kappa shape index (κ2) is 8.96. The zero-order valence-corrected chi connectivity index (χ0v) is 14.7. The molecule has 2 unspecified atom stereocenters. The van der Waals surface area contributed by atoms with Gasteiger partial charge in [-0.25, -0.2) is 0 Å². The molecule has 2 rings (SSSR count). The Morgan fingerprint density at radius 3 is 2.61 bits per heavy atom. The Morgan fingerprint density at radius 1 is 1.22 bits per heavy atom. The number of benzene rings is 1. The molecule has 0 radical (unpaired) electrons. The molecule has 1 aliphatic rings. The molecule has 23 heavy (non-hydrogen) atoms. The Balaban J connectivity index is 2.10. The van der Waals surface area contributed by atoms with Crippen LogP contribution in [0, 0.1) is 0 Å². The predicted octanol–water partition coefficient (Wildman–Crippen LogP) is 3.77. The van der Waals surface area contributed by atoms with Gasteiger partial charge in [0.05, 0.1) is 18.3 Å². The van der Waals surface area contributed by atoms with Crippen LogP contribution in [0.1, 0.15) is 50.5 Å².